The zero-order chi connectivity index (χ0) is 13.7. The Morgan fingerprint density at radius 3 is 3.00 bits per heavy atom. The van der Waals surface area contributed by atoms with E-state index < -0.39 is 11.9 Å². The number of hydrogen-bond acceptors (Lipinski definition) is 2. The minimum absolute atomic E-state index is 0.111. The van der Waals surface area contributed by atoms with Crippen LogP contribution in [0.2, 0.25) is 5.02 Å². The van der Waals surface area contributed by atoms with Crippen LogP contribution < -0.4 is 0 Å². The van der Waals surface area contributed by atoms with Gasteiger partial charge in [-0.05, 0) is 43.7 Å². The van der Waals surface area contributed by atoms with Gasteiger partial charge in [0, 0.05) is 13.0 Å². The second kappa shape index (κ2) is 7.22. The SMILES string of the molecule is OC(CCC1CCCCO1)Cc1cccc(Cl)c1F. The number of hydrogen-bond donors (Lipinski definition) is 1. The van der Waals surface area contributed by atoms with Crippen molar-refractivity contribution in [3.8, 4) is 0 Å². The molecule has 0 spiro atoms. The van der Waals surface area contributed by atoms with E-state index in [1.807, 2.05) is 0 Å². The lowest BCUT2D eigenvalue weighted by Gasteiger charge is -2.23. The Kier molecular flexibility index (Phi) is 5.61. The molecule has 0 radical (unpaired) electrons. The fourth-order valence-corrected chi connectivity index (χ4v) is 2.67. The van der Waals surface area contributed by atoms with Crippen LogP contribution >= 0.6 is 11.6 Å². The molecule has 1 aromatic carbocycles. The van der Waals surface area contributed by atoms with Crippen molar-refractivity contribution in [3.05, 3.63) is 34.6 Å². The molecule has 1 fully saturated rings. The Balaban J connectivity index is 1.80. The summed E-state index contributed by atoms with van der Waals surface area (Å²) in [6, 6.07) is 4.89. The summed E-state index contributed by atoms with van der Waals surface area (Å²) in [6.07, 6.45) is 4.89. The van der Waals surface area contributed by atoms with Gasteiger partial charge in [-0.2, -0.15) is 0 Å². The van der Waals surface area contributed by atoms with Crippen molar-refractivity contribution in [1.82, 2.24) is 0 Å². The summed E-state index contributed by atoms with van der Waals surface area (Å²) in [5, 5.41) is 10.1. The van der Waals surface area contributed by atoms with Gasteiger partial charge in [0.25, 0.3) is 0 Å². The van der Waals surface area contributed by atoms with Gasteiger partial charge in [-0.1, -0.05) is 23.7 Å². The third-order valence-corrected chi connectivity index (χ3v) is 3.87. The Bertz CT molecular complexity index is 405. The van der Waals surface area contributed by atoms with E-state index in [0.717, 1.165) is 25.9 Å². The predicted octanol–water partition coefficient (Wildman–Crippen LogP) is 3.73. The maximum atomic E-state index is 13.7. The number of ether oxygens (including phenoxy) is 1. The molecule has 2 unspecified atom stereocenters. The van der Waals surface area contributed by atoms with Crippen LogP contribution in [0.5, 0.6) is 0 Å². The quantitative estimate of drug-likeness (QED) is 0.894. The largest absolute Gasteiger partial charge is 0.393 e. The van der Waals surface area contributed by atoms with Gasteiger partial charge >= 0.3 is 0 Å². The molecule has 1 saturated heterocycles. The molecular weight excluding hydrogens is 267 g/mol. The number of halogens is 2. The molecule has 0 aliphatic carbocycles. The van der Waals surface area contributed by atoms with E-state index in [4.69, 9.17) is 16.3 Å². The average molecular weight is 287 g/mol. The van der Waals surface area contributed by atoms with Crippen molar-refractivity contribution in [2.75, 3.05) is 6.61 Å². The maximum Gasteiger partial charge on any atom is 0.145 e. The fourth-order valence-electron chi connectivity index (χ4n) is 2.48. The highest BCUT2D eigenvalue weighted by molar-refractivity contribution is 6.30. The number of benzene rings is 1. The van der Waals surface area contributed by atoms with Gasteiger partial charge in [0.1, 0.15) is 5.82 Å². The summed E-state index contributed by atoms with van der Waals surface area (Å²) in [5.74, 6) is -0.419. The molecule has 1 aliphatic heterocycles. The maximum absolute atomic E-state index is 13.7. The molecular formula is C15H20ClFO2. The van der Waals surface area contributed by atoms with Crippen LogP contribution in [0.25, 0.3) is 0 Å². The minimum atomic E-state index is -0.543. The Morgan fingerprint density at radius 1 is 1.42 bits per heavy atom. The molecule has 19 heavy (non-hydrogen) atoms. The Hall–Kier alpha value is -0.640. The molecule has 106 valence electrons. The van der Waals surface area contributed by atoms with Crippen LogP contribution in [0.15, 0.2) is 18.2 Å². The van der Waals surface area contributed by atoms with Gasteiger partial charge in [-0.15, -0.1) is 0 Å². The highest BCUT2D eigenvalue weighted by Crippen LogP contribution is 2.22. The van der Waals surface area contributed by atoms with Gasteiger partial charge < -0.3 is 9.84 Å². The molecule has 2 rings (SSSR count). The Labute approximate surface area is 118 Å². The summed E-state index contributed by atoms with van der Waals surface area (Å²) in [5.41, 5.74) is 0.476. The van der Waals surface area contributed by atoms with E-state index in [1.54, 1.807) is 12.1 Å². The highest BCUT2D eigenvalue weighted by atomic mass is 35.5. The van der Waals surface area contributed by atoms with Crippen molar-refractivity contribution >= 4 is 11.6 Å². The summed E-state index contributed by atoms with van der Waals surface area (Å²) in [6.45, 7) is 0.823. The fraction of sp³-hybridized carbons (Fsp3) is 0.600. The van der Waals surface area contributed by atoms with E-state index in [0.29, 0.717) is 18.4 Å². The monoisotopic (exact) mass is 286 g/mol. The van der Waals surface area contributed by atoms with Gasteiger partial charge in [0.2, 0.25) is 0 Å². The van der Waals surface area contributed by atoms with Crippen LogP contribution in [0, 0.1) is 5.82 Å². The zero-order valence-electron chi connectivity index (χ0n) is 10.9. The minimum Gasteiger partial charge on any atom is -0.393 e. The van der Waals surface area contributed by atoms with Crippen LogP contribution in [0.1, 0.15) is 37.7 Å². The zero-order valence-corrected chi connectivity index (χ0v) is 11.7. The van der Waals surface area contributed by atoms with Gasteiger partial charge in [-0.25, -0.2) is 4.39 Å². The second-order valence-electron chi connectivity index (χ2n) is 5.14. The first kappa shape index (κ1) is 14.8. The number of aliphatic hydroxyl groups is 1. The molecule has 0 saturated carbocycles. The standard InChI is InChI=1S/C15H20ClFO2/c16-14-6-3-4-11(15(14)17)10-12(18)7-8-13-5-1-2-9-19-13/h3-4,6,12-13,18H,1-2,5,7-10H2. The molecule has 0 bridgehead atoms. The molecule has 1 heterocycles. The van der Waals surface area contributed by atoms with Gasteiger partial charge in [0.05, 0.1) is 17.2 Å². The molecule has 2 atom stereocenters. The lowest BCUT2D eigenvalue weighted by molar-refractivity contribution is 0.00230. The topological polar surface area (TPSA) is 29.5 Å². The molecule has 2 nitrogen and oxygen atoms in total. The highest BCUT2D eigenvalue weighted by Gasteiger charge is 2.17. The van der Waals surface area contributed by atoms with Gasteiger partial charge in [0.15, 0.2) is 0 Å². The molecule has 4 heteroatoms. The molecule has 1 N–H and O–H groups in total. The first-order valence-corrected chi connectivity index (χ1v) is 7.27. The molecule has 1 aromatic rings. The van der Waals surface area contributed by atoms with E-state index in [-0.39, 0.29) is 11.1 Å². The lowest BCUT2D eigenvalue weighted by Crippen LogP contribution is -2.22. The summed E-state index contributed by atoms with van der Waals surface area (Å²) in [4.78, 5) is 0. The van der Waals surface area contributed by atoms with E-state index in [1.165, 1.54) is 12.5 Å². The van der Waals surface area contributed by atoms with Crippen LogP contribution in [-0.4, -0.2) is 23.9 Å². The van der Waals surface area contributed by atoms with Crippen molar-refractivity contribution < 1.29 is 14.2 Å². The normalized spacial score (nSPS) is 21.3. The average Bonchev–Trinajstić information content (AvgIpc) is 2.43. The van der Waals surface area contributed by atoms with E-state index in [9.17, 15) is 9.50 Å². The lowest BCUT2D eigenvalue weighted by atomic mass is 9.99. The third kappa shape index (κ3) is 4.44. The summed E-state index contributed by atoms with van der Waals surface area (Å²) < 4.78 is 19.3. The van der Waals surface area contributed by atoms with Crippen molar-refractivity contribution in [3.63, 3.8) is 0 Å². The van der Waals surface area contributed by atoms with Crippen molar-refractivity contribution in [1.29, 1.82) is 0 Å². The third-order valence-electron chi connectivity index (χ3n) is 3.58. The molecule has 1 aliphatic rings. The van der Waals surface area contributed by atoms with E-state index in [2.05, 4.69) is 0 Å². The second-order valence-corrected chi connectivity index (χ2v) is 5.54. The number of rotatable bonds is 5. The molecule has 0 amide bonds. The van der Waals surface area contributed by atoms with E-state index >= 15 is 0 Å². The Morgan fingerprint density at radius 2 is 2.26 bits per heavy atom. The number of aliphatic hydroxyl groups excluding tert-OH is 1. The van der Waals surface area contributed by atoms with Crippen molar-refractivity contribution in [2.24, 2.45) is 0 Å². The van der Waals surface area contributed by atoms with Crippen LogP contribution in [0.4, 0.5) is 4.39 Å². The van der Waals surface area contributed by atoms with Gasteiger partial charge in [-0.3, -0.25) is 0 Å². The predicted molar refractivity (Wildman–Crippen MR) is 73.9 cm³/mol. The molecule has 0 aromatic heterocycles. The summed E-state index contributed by atoms with van der Waals surface area (Å²) >= 11 is 5.72. The van der Waals surface area contributed by atoms with Crippen molar-refractivity contribution in [2.45, 2.75) is 50.7 Å². The summed E-state index contributed by atoms with van der Waals surface area (Å²) in [7, 11) is 0. The first-order valence-electron chi connectivity index (χ1n) is 6.89. The van der Waals surface area contributed by atoms with Crippen LogP contribution in [-0.2, 0) is 11.2 Å². The smallest absolute Gasteiger partial charge is 0.145 e. The van der Waals surface area contributed by atoms with Crippen LogP contribution in [0.3, 0.4) is 0 Å². The first-order chi connectivity index (χ1) is 9.16.